The van der Waals surface area contributed by atoms with E-state index >= 15 is 0 Å². The second kappa shape index (κ2) is 10.3. The first-order chi connectivity index (χ1) is 15.6. The Morgan fingerprint density at radius 2 is 1.78 bits per heavy atom. The smallest absolute Gasteiger partial charge is 0.234 e. The van der Waals surface area contributed by atoms with Crippen molar-refractivity contribution >= 4 is 34.9 Å². The maximum atomic E-state index is 13.0. The van der Waals surface area contributed by atoms with Gasteiger partial charge in [-0.05, 0) is 36.4 Å². The van der Waals surface area contributed by atoms with E-state index in [0.717, 1.165) is 48.5 Å². The van der Waals surface area contributed by atoms with Crippen molar-refractivity contribution in [2.24, 2.45) is 0 Å². The zero-order valence-electron chi connectivity index (χ0n) is 17.7. The minimum absolute atomic E-state index is 0.174. The monoisotopic (exact) mass is 453 g/mol. The Hall–Kier alpha value is -3.33. The molecule has 1 amide bonds. The Morgan fingerprint density at radius 1 is 1.06 bits per heavy atom. The summed E-state index contributed by atoms with van der Waals surface area (Å²) >= 11 is 1.34. The topological polar surface area (TPSA) is 70.6 Å². The molecule has 3 aromatic rings. The number of piperazine rings is 1. The molecule has 0 atom stereocenters. The first kappa shape index (κ1) is 21.9. The van der Waals surface area contributed by atoms with E-state index in [0.29, 0.717) is 5.69 Å². The quantitative estimate of drug-likeness (QED) is 0.432. The van der Waals surface area contributed by atoms with Crippen molar-refractivity contribution in [2.45, 2.75) is 5.03 Å². The third-order valence-electron chi connectivity index (χ3n) is 5.14. The Labute approximate surface area is 190 Å². The third kappa shape index (κ3) is 5.47. The number of amides is 1. The van der Waals surface area contributed by atoms with E-state index in [1.807, 2.05) is 24.3 Å². The highest BCUT2D eigenvalue weighted by Crippen LogP contribution is 2.29. The Morgan fingerprint density at radius 3 is 2.53 bits per heavy atom. The van der Waals surface area contributed by atoms with Crippen LogP contribution in [0.25, 0.3) is 0 Å². The van der Waals surface area contributed by atoms with Gasteiger partial charge in [-0.1, -0.05) is 23.9 Å². The summed E-state index contributed by atoms with van der Waals surface area (Å²) in [5.41, 5.74) is 1.66. The first-order valence-electron chi connectivity index (χ1n) is 10.3. The maximum Gasteiger partial charge on any atom is 0.234 e. The standard InChI is InChI=1S/C23H24FN5O2S/c1-31-20-5-3-2-4-19(20)28-10-12-29(13-11-28)21-14-23(26-16-25-21)32-15-22(30)27-18-8-6-17(24)7-9-18/h2-9,14,16H,10-13,15H2,1H3,(H,27,30). The molecule has 9 heteroatoms. The molecule has 166 valence electrons. The predicted molar refractivity (Wildman–Crippen MR) is 125 cm³/mol. The van der Waals surface area contributed by atoms with Crippen LogP contribution >= 0.6 is 11.8 Å². The zero-order valence-corrected chi connectivity index (χ0v) is 18.5. The number of hydrogen-bond acceptors (Lipinski definition) is 7. The van der Waals surface area contributed by atoms with Crippen molar-refractivity contribution in [3.05, 3.63) is 66.7 Å². The molecule has 0 radical (unpaired) electrons. The molecule has 4 rings (SSSR count). The fourth-order valence-electron chi connectivity index (χ4n) is 3.52. The second-order valence-corrected chi connectivity index (χ2v) is 8.20. The number of carbonyl (C=O) groups excluding carboxylic acids is 1. The van der Waals surface area contributed by atoms with E-state index in [9.17, 15) is 9.18 Å². The predicted octanol–water partition coefficient (Wildman–Crippen LogP) is 3.68. The summed E-state index contributed by atoms with van der Waals surface area (Å²) in [5, 5.41) is 3.48. The van der Waals surface area contributed by atoms with Gasteiger partial charge in [0.25, 0.3) is 0 Å². The van der Waals surface area contributed by atoms with Crippen molar-refractivity contribution in [1.82, 2.24) is 9.97 Å². The number of anilines is 3. The van der Waals surface area contributed by atoms with E-state index in [1.54, 1.807) is 7.11 Å². The second-order valence-electron chi connectivity index (χ2n) is 7.20. The molecule has 2 aromatic carbocycles. The lowest BCUT2D eigenvalue weighted by Crippen LogP contribution is -2.47. The summed E-state index contributed by atoms with van der Waals surface area (Å²) in [6.45, 7) is 3.36. The Bertz CT molecular complexity index is 1060. The summed E-state index contributed by atoms with van der Waals surface area (Å²) in [4.78, 5) is 25.4. The number of carbonyl (C=O) groups is 1. The highest BCUT2D eigenvalue weighted by molar-refractivity contribution is 7.99. The highest BCUT2D eigenvalue weighted by Gasteiger charge is 2.21. The summed E-state index contributed by atoms with van der Waals surface area (Å²) in [6.07, 6.45) is 1.53. The molecule has 1 saturated heterocycles. The van der Waals surface area contributed by atoms with Gasteiger partial charge in [0.15, 0.2) is 0 Å². The first-order valence-corrected chi connectivity index (χ1v) is 11.2. The van der Waals surface area contributed by atoms with E-state index in [-0.39, 0.29) is 17.5 Å². The average molecular weight is 454 g/mol. The van der Waals surface area contributed by atoms with Gasteiger partial charge in [0.05, 0.1) is 18.6 Å². The van der Waals surface area contributed by atoms with Gasteiger partial charge in [-0.25, -0.2) is 14.4 Å². The van der Waals surface area contributed by atoms with Crippen LogP contribution in [0.2, 0.25) is 0 Å². The van der Waals surface area contributed by atoms with E-state index < -0.39 is 0 Å². The lowest BCUT2D eigenvalue weighted by molar-refractivity contribution is -0.113. The van der Waals surface area contributed by atoms with Gasteiger partial charge in [-0.2, -0.15) is 0 Å². The molecule has 1 aliphatic rings. The van der Waals surface area contributed by atoms with Gasteiger partial charge in [0, 0.05) is 37.9 Å². The lowest BCUT2D eigenvalue weighted by Gasteiger charge is -2.37. The van der Waals surface area contributed by atoms with Gasteiger partial charge in [-0.3, -0.25) is 4.79 Å². The van der Waals surface area contributed by atoms with Crippen LogP contribution in [0.3, 0.4) is 0 Å². The van der Waals surface area contributed by atoms with Gasteiger partial charge in [0.2, 0.25) is 5.91 Å². The summed E-state index contributed by atoms with van der Waals surface area (Å²) in [6, 6.07) is 15.6. The fourth-order valence-corrected chi connectivity index (χ4v) is 4.18. The minimum Gasteiger partial charge on any atom is -0.495 e. The summed E-state index contributed by atoms with van der Waals surface area (Å²) < 4.78 is 18.5. The SMILES string of the molecule is COc1ccccc1N1CCN(c2cc(SCC(=O)Nc3ccc(F)cc3)ncn2)CC1. The summed E-state index contributed by atoms with van der Waals surface area (Å²) in [7, 11) is 1.69. The minimum atomic E-state index is -0.338. The van der Waals surface area contributed by atoms with E-state index in [2.05, 4.69) is 31.2 Å². The number of methoxy groups -OCH3 is 1. The largest absolute Gasteiger partial charge is 0.495 e. The van der Waals surface area contributed by atoms with Crippen LogP contribution in [0.15, 0.2) is 66.0 Å². The van der Waals surface area contributed by atoms with E-state index in [4.69, 9.17) is 4.74 Å². The van der Waals surface area contributed by atoms with Gasteiger partial charge < -0.3 is 19.9 Å². The normalized spacial score (nSPS) is 13.7. The molecular formula is C23H24FN5O2S. The molecule has 0 spiro atoms. The average Bonchev–Trinajstić information content (AvgIpc) is 2.84. The zero-order chi connectivity index (χ0) is 22.3. The molecule has 0 saturated carbocycles. The number of para-hydroxylation sites is 2. The van der Waals surface area contributed by atoms with Crippen molar-refractivity contribution in [2.75, 3.05) is 54.2 Å². The number of thioether (sulfide) groups is 1. The molecule has 0 aliphatic carbocycles. The molecule has 32 heavy (non-hydrogen) atoms. The molecule has 1 N–H and O–H groups in total. The van der Waals surface area contributed by atoms with Crippen molar-refractivity contribution < 1.29 is 13.9 Å². The lowest BCUT2D eigenvalue weighted by atomic mass is 10.2. The van der Waals surface area contributed by atoms with E-state index in [1.165, 1.54) is 42.4 Å². The third-order valence-corrected chi connectivity index (χ3v) is 6.06. The number of halogens is 1. The molecule has 0 bridgehead atoms. The van der Waals surface area contributed by atoms with Gasteiger partial charge in [-0.15, -0.1) is 0 Å². The number of nitrogens with zero attached hydrogens (tertiary/aromatic N) is 4. The van der Waals surface area contributed by atoms with Crippen molar-refractivity contribution in [3.63, 3.8) is 0 Å². The number of hydrogen-bond donors (Lipinski definition) is 1. The maximum absolute atomic E-state index is 13.0. The van der Waals surface area contributed by atoms with Crippen LogP contribution in [0.4, 0.5) is 21.6 Å². The summed E-state index contributed by atoms with van der Waals surface area (Å²) in [5.74, 6) is 1.42. The molecule has 0 unspecified atom stereocenters. The van der Waals surface area contributed by atoms with Crippen LogP contribution in [-0.4, -0.2) is 54.9 Å². The van der Waals surface area contributed by atoms with Crippen molar-refractivity contribution in [3.8, 4) is 5.75 Å². The van der Waals surface area contributed by atoms with Crippen LogP contribution in [0.5, 0.6) is 5.75 Å². The molecule has 1 aromatic heterocycles. The molecular weight excluding hydrogens is 429 g/mol. The molecule has 7 nitrogen and oxygen atoms in total. The van der Waals surface area contributed by atoms with Gasteiger partial charge in [0.1, 0.15) is 28.7 Å². The number of ether oxygens (including phenoxy) is 1. The highest BCUT2D eigenvalue weighted by atomic mass is 32.2. The van der Waals surface area contributed by atoms with Crippen LogP contribution in [0, 0.1) is 5.82 Å². The molecule has 1 aliphatic heterocycles. The Kier molecular flexibility index (Phi) is 7.06. The van der Waals surface area contributed by atoms with Crippen LogP contribution in [0.1, 0.15) is 0 Å². The van der Waals surface area contributed by atoms with Gasteiger partial charge >= 0.3 is 0 Å². The fraction of sp³-hybridized carbons (Fsp3) is 0.261. The Balaban J connectivity index is 1.31. The number of aromatic nitrogens is 2. The van der Waals surface area contributed by atoms with Crippen LogP contribution < -0.4 is 19.9 Å². The number of nitrogens with one attached hydrogen (secondary N) is 1. The number of rotatable bonds is 7. The molecule has 1 fully saturated rings. The van der Waals surface area contributed by atoms with Crippen LogP contribution in [-0.2, 0) is 4.79 Å². The number of benzene rings is 2. The van der Waals surface area contributed by atoms with Crippen molar-refractivity contribution in [1.29, 1.82) is 0 Å². The molecule has 2 heterocycles.